The Morgan fingerprint density at radius 2 is 1.34 bits per heavy atom. The SMILES string of the molecule is C=Cc1c(C)c2cc3[nH]c(cc4nc(cc5nc(cc1[nH]2)C(C)=C5CCC(=O)O)C(CCC(=O)NC1=NCCS1)=C4C)c(C)c3C=C. The van der Waals surface area contributed by atoms with Crippen LogP contribution in [0.15, 0.2) is 42.4 Å². The molecule has 8 bridgehead atoms. The third kappa shape index (κ3) is 6.25. The first-order valence-corrected chi connectivity index (χ1v) is 16.7. The molecule has 0 saturated carbocycles. The van der Waals surface area contributed by atoms with Gasteiger partial charge in [0.25, 0.3) is 0 Å². The van der Waals surface area contributed by atoms with E-state index in [-0.39, 0.29) is 18.7 Å². The molecule has 47 heavy (non-hydrogen) atoms. The minimum absolute atomic E-state index is 0.0211. The smallest absolute Gasteiger partial charge is 0.303 e. The van der Waals surface area contributed by atoms with E-state index in [1.165, 1.54) is 0 Å². The fourth-order valence-electron chi connectivity index (χ4n) is 6.37. The number of carboxylic acid groups (broad SMARTS) is 1. The van der Waals surface area contributed by atoms with Crippen LogP contribution in [0.2, 0.25) is 0 Å². The van der Waals surface area contributed by atoms with Crippen molar-refractivity contribution in [3.05, 3.63) is 82.5 Å². The van der Waals surface area contributed by atoms with Crippen molar-refractivity contribution < 1.29 is 14.7 Å². The summed E-state index contributed by atoms with van der Waals surface area (Å²) in [4.78, 5) is 46.2. The van der Waals surface area contributed by atoms with Crippen LogP contribution in [-0.4, -0.2) is 54.4 Å². The van der Waals surface area contributed by atoms with E-state index >= 15 is 0 Å². The molecule has 6 rings (SSSR count). The molecule has 0 saturated heterocycles. The number of aromatic amines is 2. The summed E-state index contributed by atoms with van der Waals surface area (Å²) in [5.41, 5.74) is 14.3. The number of aromatic nitrogens is 4. The highest BCUT2D eigenvalue weighted by Crippen LogP contribution is 2.38. The van der Waals surface area contributed by atoms with Crippen molar-refractivity contribution in [2.45, 2.75) is 53.4 Å². The molecule has 0 spiro atoms. The molecule has 6 heterocycles. The number of hydrogen-bond acceptors (Lipinski definition) is 6. The van der Waals surface area contributed by atoms with Crippen LogP contribution in [0.3, 0.4) is 0 Å². The topological polar surface area (TPSA) is 136 Å². The Kier molecular flexibility index (Phi) is 8.88. The number of fused-ring (bicyclic) bond motifs is 8. The Morgan fingerprint density at radius 1 is 0.809 bits per heavy atom. The van der Waals surface area contributed by atoms with Crippen LogP contribution >= 0.6 is 11.8 Å². The van der Waals surface area contributed by atoms with Crippen molar-refractivity contribution in [1.29, 1.82) is 0 Å². The van der Waals surface area contributed by atoms with E-state index in [1.807, 2.05) is 44.2 Å². The number of carboxylic acids is 1. The quantitative estimate of drug-likeness (QED) is 0.196. The Balaban J connectivity index is 1.61. The molecular weight excluding hydrogens is 609 g/mol. The highest BCUT2D eigenvalue weighted by Gasteiger charge is 2.23. The molecule has 0 aromatic carbocycles. The number of carbonyl (C=O) groups is 2. The maximum atomic E-state index is 12.9. The van der Waals surface area contributed by atoms with E-state index in [1.54, 1.807) is 11.8 Å². The minimum atomic E-state index is -0.870. The molecular formula is C37H38N6O3S. The molecule has 0 fully saturated rings. The summed E-state index contributed by atoms with van der Waals surface area (Å²) < 4.78 is 0. The zero-order valence-electron chi connectivity index (χ0n) is 27.1. The third-order valence-corrected chi connectivity index (χ3v) is 9.96. The van der Waals surface area contributed by atoms with Crippen molar-refractivity contribution in [3.63, 3.8) is 0 Å². The Bertz CT molecular complexity index is 2130. The number of amidine groups is 1. The van der Waals surface area contributed by atoms with E-state index in [0.29, 0.717) is 35.9 Å². The van der Waals surface area contributed by atoms with Gasteiger partial charge < -0.3 is 20.4 Å². The van der Waals surface area contributed by atoms with Gasteiger partial charge in [0.1, 0.15) is 0 Å². The fourth-order valence-corrected chi connectivity index (χ4v) is 7.11. The lowest BCUT2D eigenvalue weighted by atomic mass is 9.98. The number of H-pyrrole nitrogens is 2. The summed E-state index contributed by atoms with van der Waals surface area (Å²) in [6, 6.07) is 8.07. The summed E-state index contributed by atoms with van der Waals surface area (Å²) in [5, 5.41) is 13.2. The van der Waals surface area contributed by atoms with Crippen LogP contribution < -0.4 is 5.32 Å². The summed E-state index contributed by atoms with van der Waals surface area (Å²) in [6.07, 6.45) is 4.75. The number of nitrogens with one attached hydrogen (secondary N) is 3. The monoisotopic (exact) mass is 646 g/mol. The normalized spacial score (nSPS) is 14.4. The van der Waals surface area contributed by atoms with Crippen LogP contribution in [0, 0.1) is 13.8 Å². The number of rotatable bonds is 8. The van der Waals surface area contributed by atoms with Crippen LogP contribution in [0.25, 0.3) is 56.5 Å². The number of aryl methyl sites for hydroxylation is 2. The molecule has 1 amide bonds. The Labute approximate surface area is 277 Å². The lowest BCUT2D eigenvalue weighted by Gasteiger charge is -2.07. The molecule has 3 aliphatic heterocycles. The van der Waals surface area contributed by atoms with Crippen LogP contribution in [-0.2, 0) is 9.59 Å². The largest absolute Gasteiger partial charge is 0.481 e. The first-order valence-electron chi connectivity index (χ1n) is 15.7. The minimum Gasteiger partial charge on any atom is -0.481 e. The van der Waals surface area contributed by atoms with Crippen molar-refractivity contribution in [3.8, 4) is 0 Å². The van der Waals surface area contributed by atoms with Crippen LogP contribution in [0.1, 0.15) is 84.6 Å². The van der Waals surface area contributed by atoms with Gasteiger partial charge in [0, 0.05) is 51.8 Å². The van der Waals surface area contributed by atoms with Gasteiger partial charge in [-0.3, -0.25) is 14.6 Å². The summed E-state index contributed by atoms with van der Waals surface area (Å²) in [5.74, 6) is -0.0885. The van der Waals surface area contributed by atoms with Crippen LogP contribution in [0.4, 0.5) is 0 Å². The average Bonchev–Trinajstić information content (AvgIpc) is 3.82. The van der Waals surface area contributed by atoms with Gasteiger partial charge in [0.2, 0.25) is 5.91 Å². The number of carbonyl (C=O) groups excluding carboxylic acids is 1. The van der Waals surface area contributed by atoms with Gasteiger partial charge in [-0.2, -0.15) is 0 Å². The number of aliphatic imine (C=N–C) groups is 1. The zero-order chi connectivity index (χ0) is 33.4. The number of allylic oxidation sites excluding steroid dienone is 4. The highest BCUT2D eigenvalue weighted by molar-refractivity contribution is 8.14. The summed E-state index contributed by atoms with van der Waals surface area (Å²) >= 11 is 1.55. The number of hydrogen-bond donors (Lipinski definition) is 4. The molecule has 0 unspecified atom stereocenters. The predicted molar refractivity (Wildman–Crippen MR) is 195 cm³/mol. The van der Waals surface area contributed by atoms with Crippen molar-refractivity contribution in [2.24, 2.45) is 4.99 Å². The van der Waals surface area contributed by atoms with Gasteiger partial charge in [0.15, 0.2) is 5.17 Å². The standard InChI is InChI=1S/C37H38N6O3S/c1-7-23-19(3)27-15-28-21(5)25(9-11-35(44)43-37-38-13-14-47-37)33(41-28)18-34-26(10-12-36(45)46)22(6)30(42-34)17-32-24(8-2)20(4)29(40-32)16-31(23)39-27/h7-8,15-18,39-40H,1-2,9-14H2,3-6H3,(H,45,46)(H,38,43,44). The van der Waals surface area contributed by atoms with E-state index in [4.69, 9.17) is 9.97 Å². The highest BCUT2D eigenvalue weighted by atomic mass is 32.2. The Hall–Kier alpha value is -4.96. The number of amides is 1. The number of nitrogens with zero attached hydrogens (tertiary/aromatic N) is 3. The van der Waals surface area contributed by atoms with Gasteiger partial charge in [0.05, 0.1) is 29.3 Å². The van der Waals surface area contributed by atoms with Gasteiger partial charge in [-0.15, -0.1) is 0 Å². The molecule has 4 N–H and O–H groups in total. The molecule has 0 aliphatic carbocycles. The van der Waals surface area contributed by atoms with E-state index in [2.05, 4.69) is 53.3 Å². The first kappa shape index (κ1) is 32.0. The van der Waals surface area contributed by atoms with Gasteiger partial charge >= 0.3 is 5.97 Å². The average molecular weight is 647 g/mol. The molecule has 240 valence electrons. The van der Waals surface area contributed by atoms with Gasteiger partial charge in [-0.1, -0.05) is 37.1 Å². The number of aliphatic carboxylic acids is 1. The maximum absolute atomic E-state index is 12.9. The van der Waals surface area contributed by atoms with Crippen molar-refractivity contribution >= 4 is 85.3 Å². The molecule has 9 nitrogen and oxygen atoms in total. The molecule has 3 aliphatic rings. The number of thioether (sulfide) groups is 1. The summed E-state index contributed by atoms with van der Waals surface area (Å²) in [6.45, 7) is 17.0. The first-order chi connectivity index (χ1) is 22.6. The van der Waals surface area contributed by atoms with E-state index in [9.17, 15) is 14.7 Å². The molecule has 3 aromatic rings. The van der Waals surface area contributed by atoms with E-state index in [0.717, 1.165) is 83.8 Å². The zero-order valence-corrected chi connectivity index (χ0v) is 28.0. The van der Waals surface area contributed by atoms with Gasteiger partial charge in [-0.25, -0.2) is 9.97 Å². The summed E-state index contributed by atoms with van der Waals surface area (Å²) in [7, 11) is 0. The van der Waals surface area contributed by atoms with E-state index < -0.39 is 5.97 Å². The molecule has 0 atom stereocenters. The third-order valence-electron chi connectivity index (χ3n) is 9.06. The maximum Gasteiger partial charge on any atom is 0.303 e. The predicted octanol–water partition coefficient (Wildman–Crippen LogP) is 7.94. The Morgan fingerprint density at radius 3 is 1.87 bits per heavy atom. The molecule has 10 heteroatoms. The van der Waals surface area contributed by atoms with Crippen LogP contribution in [0.5, 0.6) is 0 Å². The second-order valence-electron chi connectivity index (χ2n) is 11.9. The fraction of sp³-hybridized carbons (Fsp3) is 0.270. The molecule has 3 aromatic heterocycles. The van der Waals surface area contributed by atoms with Crippen molar-refractivity contribution in [1.82, 2.24) is 25.3 Å². The second-order valence-corrected chi connectivity index (χ2v) is 13.0. The molecule has 0 radical (unpaired) electrons. The van der Waals surface area contributed by atoms with Crippen molar-refractivity contribution in [2.75, 3.05) is 12.3 Å². The lowest BCUT2D eigenvalue weighted by molar-refractivity contribution is -0.136. The second kappa shape index (κ2) is 13.0. The van der Waals surface area contributed by atoms with Gasteiger partial charge in [-0.05, 0) is 98.2 Å². The lowest BCUT2D eigenvalue weighted by Crippen LogP contribution is -2.27.